The van der Waals surface area contributed by atoms with E-state index < -0.39 is 17.5 Å². The molecule has 17 heavy (non-hydrogen) atoms. The van der Waals surface area contributed by atoms with Crippen molar-refractivity contribution >= 4 is 11.6 Å². The molecule has 2 rings (SSSR count). The molecule has 1 aromatic rings. The predicted octanol–water partition coefficient (Wildman–Crippen LogP) is 2.08. The maximum absolute atomic E-state index is 13.4. The molecule has 92 valence electrons. The number of carbonyl (C=O) groups is 1. The lowest BCUT2D eigenvalue weighted by Gasteiger charge is -2.13. The minimum atomic E-state index is -0.891. The largest absolute Gasteiger partial charge is 0.396 e. The van der Waals surface area contributed by atoms with Crippen molar-refractivity contribution in [2.75, 3.05) is 5.73 Å². The fourth-order valence-electron chi connectivity index (χ4n) is 1.74. The SMILES string of the molecule is CC(NC(=O)c1cc(N)c(F)cc1F)C1CC1. The Morgan fingerprint density at radius 3 is 2.65 bits per heavy atom. The van der Waals surface area contributed by atoms with E-state index in [1.807, 2.05) is 6.92 Å². The van der Waals surface area contributed by atoms with Crippen molar-refractivity contribution in [3.05, 3.63) is 29.3 Å². The molecule has 1 aliphatic rings. The van der Waals surface area contributed by atoms with Crippen LogP contribution < -0.4 is 11.1 Å². The second-order valence-corrected chi connectivity index (χ2v) is 4.45. The Morgan fingerprint density at radius 1 is 1.41 bits per heavy atom. The maximum Gasteiger partial charge on any atom is 0.254 e. The van der Waals surface area contributed by atoms with Crippen molar-refractivity contribution in [2.45, 2.75) is 25.8 Å². The minimum Gasteiger partial charge on any atom is -0.396 e. The molecule has 1 amide bonds. The molecule has 5 heteroatoms. The van der Waals surface area contributed by atoms with Gasteiger partial charge in [-0.3, -0.25) is 4.79 Å². The number of halogens is 2. The van der Waals surface area contributed by atoms with Gasteiger partial charge in [-0.05, 0) is 31.7 Å². The van der Waals surface area contributed by atoms with E-state index in [0.717, 1.165) is 18.9 Å². The van der Waals surface area contributed by atoms with E-state index in [9.17, 15) is 13.6 Å². The first-order valence-corrected chi connectivity index (χ1v) is 5.54. The third-order valence-electron chi connectivity index (χ3n) is 3.02. The zero-order valence-electron chi connectivity index (χ0n) is 9.47. The van der Waals surface area contributed by atoms with E-state index in [-0.39, 0.29) is 17.3 Å². The summed E-state index contributed by atoms with van der Waals surface area (Å²) in [6, 6.07) is 1.67. The number of hydrogen-bond donors (Lipinski definition) is 2. The van der Waals surface area contributed by atoms with Crippen LogP contribution in [0.2, 0.25) is 0 Å². The lowest BCUT2D eigenvalue weighted by atomic mass is 10.1. The zero-order valence-corrected chi connectivity index (χ0v) is 9.47. The molecule has 1 unspecified atom stereocenters. The van der Waals surface area contributed by atoms with Gasteiger partial charge in [0.15, 0.2) is 0 Å². The number of anilines is 1. The summed E-state index contributed by atoms with van der Waals surface area (Å²) in [7, 11) is 0. The van der Waals surface area contributed by atoms with Gasteiger partial charge in [-0.15, -0.1) is 0 Å². The number of carbonyl (C=O) groups excluding carboxylic acids is 1. The van der Waals surface area contributed by atoms with E-state index in [2.05, 4.69) is 5.32 Å². The molecule has 0 bridgehead atoms. The van der Waals surface area contributed by atoms with E-state index in [4.69, 9.17) is 5.73 Å². The molecule has 1 fully saturated rings. The van der Waals surface area contributed by atoms with E-state index in [1.54, 1.807) is 0 Å². The van der Waals surface area contributed by atoms with Gasteiger partial charge in [0.05, 0.1) is 11.3 Å². The molecule has 1 atom stereocenters. The van der Waals surface area contributed by atoms with Gasteiger partial charge in [-0.25, -0.2) is 8.78 Å². The Balaban J connectivity index is 2.15. The summed E-state index contributed by atoms with van der Waals surface area (Å²) in [5.74, 6) is -1.82. The lowest BCUT2D eigenvalue weighted by molar-refractivity contribution is 0.0931. The Kier molecular flexibility index (Phi) is 3.00. The standard InChI is InChI=1S/C12H14F2N2O/c1-6(7-2-3-7)16-12(17)8-4-11(15)10(14)5-9(8)13/h4-7H,2-3,15H2,1H3,(H,16,17). The van der Waals surface area contributed by atoms with Gasteiger partial charge in [0.2, 0.25) is 0 Å². The van der Waals surface area contributed by atoms with Crippen LogP contribution in [-0.4, -0.2) is 11.9 Å². The Hall–Kier alpha value is -1.65. The summed E-state index contributed by atoms with van der Waals surface area (Å²) in [5, 5.41) is 2.69. The Bertz CT molecular complexity index is 458. The fourth-order valence-corrected chi connectivity index (χ4v) is 1.74. The second-order valence-electron chi connectivity index (χ2n) is 4.45. The highest BCUT2D eigenvalue weighted by molar-refractivity contribution is 5.95. The molecule has 1 saturated carbocycles. The van der Waals surface area contributed by atoms with Crippen LogP contribution in [0.15, 0.2) is 12.1 Å². The van der Waals surface area contributed by atoms with Crippen molar-refractivity contribution in [3.8, 4) is 0 Å². The summed E-state index contributed by atoms with van der Waals surface area (Å²) >= 11 is 0. The Labute approximate surface area is 98.0 Å². The van der Waals surface area contributed by atoms with Gasteiger partial charge in [-0.2, -0.15) is 0 Å². The van der Waals surface area contributed by atoms with Crippen LogP contribution >= 0.6 is 0 Å². The summed E-state index contributed by atoms with van der Waals surface area (Å²) in [6.45, 7) is 1.88. The topological polar surface area (TPSA) is 55.1 Å². The Morgan fingerprint density at radius 2 is 2.06 bits per heavy atom. The van der Waals surface area contributed by atoms with E-state index >= 15 is 0 Å². The molecule has 0 saturated heterocycles. The summed E-state index contributed by atoms with van der Waals surface area (Å²) in [6.07, 6.45) is 2.16. The second kappa shape index (κ2) is 4.31. The average Bonchev–Trinajstić information content (AvgIpc) is 3.06. The van der Waals surface area contributed by atoms with Gasteiger partial charge in [0, 0.05) is 12.1 Å². The normalized spacial score (nSPS) is 16.6. The minimum absolute atomic E-state index is 0.00757. The molecule has 0 spiro atoms. The first-order valence-electron chi connectivity index (χ1n) is 5.54. The molecule has 0 aromatic heterocycles. The number of amides is 1. The van der Waals surface area contributed by atoms with Crippen LogP contribution in [0.1, 0.15) is 30.1 Å². The lowest BCUT2D eigenvalue weighted by Crippen LogP contribution is -2.34. The van der Waals surface area contributed by atoms with Crippen molar-refractivity contribution in [1.29, 1.82) is 0 Å². The molecule has 1 aliphatic carbocycles. The highest BCUT2D eigenvalue weighted by Gasteiger charge is 2.29. The summed E-state index contributed by atoms with van der Waals surface area (Å²) in [4.78, 5) is 11.7. The van der Waals surface area contributed by atoms with Crippen LogP contribution in [0.3, 0.4) is 0 Å². The third kappa shape index (κ3) is 2.54. The monoisotopic (exact) mass is 240 g/mol. The van der Waals surface area contributed by atoms with Gasteiger partial charge >= 0.3 is 0 Å². The average molecular weight is 240 g/mol. The summed E-state index contributed by atoms with van der Waals surface area (Å²) < 4.78 is 26.3. The molecular formula is C12H14F2N2O. The van der Waals surface area contributed by atoms with Crippen molar-refractivity contribution in [3.63, 3.8) is 0 Å². The van der Waals surface area contributed by atoms with Gasteiger partial charge < -0.3 is 11.1 Å². The highest BCUT2D eigenvalue weighted by Crippen LogP contribution is 2.32. The van der Waals surface area contributed by atoms with Crippen LogP contribution in [0.4, 0.5) is 14.5 Å². The van der Waals surface area contributed by atoms with Gasteiger partial charge in [0.25, 0.3) is 5.91 Å². The first-order chi connectivity index (χ1) is 7.99. The van der Waals surface area contributed by atoms with Gasteiger partial charge in [0.1, 0.15) is 11.6 Å². The van der Waals surface area contributed by atoms with Crippen LogP contribution in [0, 0.1) is 17.6 Å². The number of nitrogens with one attached hydrogen (secondary N) is 1. The summed E-state index contributed by atoms with van der Waals surface area (Å²) in [5.41, 5.74) is 4.87. The highest BCUT2D eigenvalue weighted by atomic mass is 19.1. The van der Waals surface area contributed by atoms with E-state index in [0.29, 0.717) is 12.0 Å². The first kappa shape index (κ1) is 11.8. The van der Waals surface area contributed by atoms with Gasteiger partial charge in [-0.1, -0.05) is 0 Å². The zero-order chi connectivity index (χ0) is 12.6. The molecule has 0 aliphatic heterocycles. The molecule has 3 N–H and O–H groups in total. The number of benzene rings is 1. The smallest absolute Gasteiger partial charge is 0.254 e. The molecule has 0 radical (unpaired) electrons. The van der Waals surface area contributed by atoms with Crippen molar-refractivity contribution in [2.24, 2.45) is 5.92 Å². The number of nitrogen functional groups attached to an aromatic ring is 1. The van der Waals surface area contributed by atoms with Crippen LogP contribution in [0.5, 0.6) is 0 Å². The van der Waals surface area contributed by atoms with Crippen molar-refractivity contribution in [1.82, 2.24) is 5.32 Å². The molecular weight excluding hydrogens is 226 g/mol. The molecule has 1 aromatic carbocycles. The van der Waals surface area contributed by atoms with E-state index in [1.165, 1.54) is 0 Å². The maximum atomic E-state index is 13.4. The van der Waals surface area contributed by atoms with Crippen LogP contribution in [0.25, 0.3) is 0 Å². The number of nitrogens with two attached hydrogens (primary N) is 1. The predicted molar refractivity (Wildman–Crippen MR) is 60.4 cm³/mol. The molecule has 0 heterocycles. The third-order valence-corrected chi connectivity index (χ3v) is 3.02. The number of rotatable bonds is 3. The fraction of sp³-hybridized carbons (Fsp3) is 0.417. The molecule has 3 nitrogen and oxygen atoms in total. The van der Waals surface area contributed by atoms with Crippen LogP contribution in [-0.2, 0) is 0 Å². The van der Waals surface area contributed by atoms with Crippen molar-refractivity contribution < 1.29 is 13.6 Å². The quantitative estimate of drug-likeness (QED) is 0.795. The number of hydrogen-bond acceptors (Lipinski definition) is 2.